The van der Waals surface area contributed by atoms with Crippen LogP contribution in [0.1, 0.15) is 18.9 Å². The molecule has 1 aromatic rings. The number of carbonyl (C=O) groups is 1. The van der Waals surface area contributed by atoms with E-state index < -0.39 is 0 Å². The van der Waals surface area contributed by atoms with Crippen molar-refractivity contribution >= 4 is 12.0 Å². The molecule has 0 spiro atoms. The summed E-state index contributed by atoms with van der Waals surface area (Å²) in [6.45, 7) is 2.16. The highest BCUT2D eigenvalue weighted by Crippen LogP contribution is 2.10. The fraction of sp³-hybridized carbons (Fsp3) is 0.250. The molecule has 0 heterocycles. The number of nitrogens with one attached hydrogen (secondary N) is 1. The van der Waals surface area contributed by atoms with Gasteiger partial charge in [-0.05, 0) is 24.1 Å². The fourth-order valence-corrected chi connectivity index (χ4v) is 1.14. The molecule has 0 unspecified atom stereocenters. The van der Waals surface area contributed by atoms with Crippen molar-refractivity contribution < 1.29 is 9.90 Å². The molecule has 0 aliphatic carbocycles. The Morgan fingerprint density at radius 3 is 2.67 bits per heavy atom. The molecule has 0 radical (unpaired) electrons. The molecule has 1 rings (SSSR count). The van der Waals surface area contributed by atoms with Crippen molar-refractivity contribution in [2.45, 2.75) is 13.3 Å². The number of carbonyl (C=O) groups excluding carboxylic acids is 1. The largest absolute Gasteiger partial charge is 0.508 e. The summed E-state index contributed by atoms with van der Waals surface area (Å²) >= 11 is 0. The van der Waals surface area contributed by atoms with Gasteiger partial charge in [0.05, 0.1) is 0 Å². The zero-order chi connectivity index (χ0) is 11.1. The smallest absolute Gasteiger partial charge is 0.216 e. The summed E-state index contributed by atoms with van der Waals surface area (Å²) in [6, 6.07) is 6.97. The summed E-state index contributed by atoms with van der Waals surface area (Å²) in [5.41, 5.74) is 1.04. The molecule has 0 saturated carbocycles. The average Bonchev–Trinajstić information content (AvgIpc) is 2.20. The van der Waals surface area contributed by atoms with Crippen LogP contribution >= 0.6 is 0 Å². The van der Waals surface area contributed by atoms with Gasteiger partial charge in [0, 0.05) is 13.5 Å². The van der Waals surface area contributed by atoms with Crippen LogP contribution in [-0.2, 0) is 4.79 Å². The number of rotatable bonds is 4. The van der Waals surface area contributed by atoms with E-state index in [-0.39, 0.29) is 11.7 Å². The van der Waals surface area contributed by atoms with Crippen molar-refractivity contribution in [3.05, 3.63) is 35.9 Å². The van der Waals surface area contributed by atoms with Gasteiger partial charge in [0.15, 0.2) is 0 Å². The third-order valence-corrected chi connectivity index (χ3v) is 1.89. The van der Waals surface area contributed by atoms with Gasteiger partial charge < -0.3 is 10.4 Å². The summed E-state index contributed by atoms with van der Waals surface area (Å²) in [4.78, 5) is 10.6. The Morgan fingerprint density at radius 1 is 1.40 bits per heavy atom. The number of aromatic hydroxyl groups is 1. The van der Waals surface area contributed by atoms with Gasteiger partial charge in [0.2, 0.25) is 5.91 Å². The molecular weight excluding hydrogens is 190 g/mol. The third kappa shape index (κ3) is 4.86. The van der Waals surface area contributed by atoms with Gasteiger partial charge in [-0.2, -0.15) is 0 Å². The van der Waals surface area contributed by atoms with Gasteiger partial charge in [0.1, 0.15) is 5.75 Å². The van der Waals surface area contributed by atoms with Crippen LogP contribution in [0.2, 0.25) is 0 Å². The number of phenols is 1. The second-order valence-electron chi connectivity index (χ2n) is 3.27. The van der Waals surface area contributed by atoms with Crippen LogP contribution in [0.3, 0.4) is 0 Å². The molecule has 0 aromatic heterocycles. The van der Waals surface area contributed by atoms with Crippen LogP contribution in [-0.4, -0.2) is 17.6 Å². The van der Waals surface area contributed by atoms with E-state index in [4.69, 9.17) is 5.11 Å². The first-order valence-corrected chi connectivity index (χ1v) is 4.88. The van der Waals surface area contributed by atoms with E-state index in [1.807, 2.05) is 24.3 Å². The molecular formula is C12H15NO2. The molecule has 15 heavy (non-hydrogen) atoms. The van der Waals surface area contributed by atoms with E-state index in [0.29, 0.717) is 6.54 Å². The van der Waals surface area contributed by atoms with Crippen LogP contribution in [0.15, 0.2) is 30.3 Å². The average molecular weight is 205 g/mol. The maximum atomic E-state index is 10.6. The van der Waals surface area contributed by atoms with Crippen molar-refractivity contribution in [1.82, 2.24) is 5.32 Å². The normalized spacial score (nSPS) is 10.5. The molecule has 80 valence electrons. The van der Waals surface area contributed by atoms with Crippen LogP contribution in [0.25, 0.3) is 6.08 Å². The Hall–Kier alpha value is -1.77. The lowest BCUT2D eigenvalue weighted by Gasteiger charge is -1.97. The van der Waals surface area contributed by atoms with Crippen molar-refractivity contribution in [3.8, 4) is 5.75 Å². The Balaban J connectivity index is 2.32. The van der Waals surface area contributed by atoms with Crippen LogP contribution in [0.5, 0.6) is 5.75 Å². The topological polar surface area (TPSA) is 49.3 Å². The van der Waals surface area contributed by atoms with Crippen molar-refractivity contribution in [2.75, 3.05) is 6.54 Å². The van der Waals surface area contributed by atoms with Gasteiger partial charge in [-0.15, -0.1) is 0 Å². The van der Waals surface area contributed by atoms with Crippen LogP contribution < -0.4 is 5.32 Å². The second kappa shape index (κ2) is 5.86. The first kappa shape index (κ1) is 11.3. The monoisotopic (exact) mass is 205 g/mol. The predicted octanol–water partition coefficient (Wildman–Crippen LogP) is 1.93. The van der Waals surface area contributed by atoms with E-state index in [1.54, 1.807) is 12.1 Å². The number of amides is 1. The molecule has 0 fully saturated rings. The minimum atomic E-state index is -0.00645. The number of phenolic OH excluding ortho intramolecular Hbond substituents is 1. The summed E-state index contributed by atoms with van der Waals surface area (Å²) < 4.78 is 0. The molecule has 3 heteroatoms. The summed E-state index contributed by atoms with van der Waals surface area (Å²) in [6.07, 6.45) is 4.75. The van der Waals surface area contributed by atoms with Crippen molar-refractivity contribution in [2.24, 2.45) is 0 Å². The zero-order valence-electron chi connectivity index (χ0n) is 8.73. The Labute approximate surface area is 89.4 Å². The molecule has 0 atom stereocenters. The van der Waals surface area contributed by atoms with Gasteiger partial charge >= 0.3 is 0 Å². The van der Waals surface area contributed by atoms with Crippen molar-refractivity contribution in [1.29, 1.82) is 0 Å². The van der Waals surface area contributed by atoms with Gasteiger partial charge in [-0.1, -0.05) is 24.3 Å². The van der Waals surface area contributed by atoms with Crippen LogP contribution in [0, 0.1) is 0 Å². The van der Waals surface area contributed by atoms with E-state index in [2.05, 4.69) is 5.32 Å². The minimum Gasteiger partial charge on any atom is -0.508 e. The van der Waals surface area contributed by atoms with Gasteiger partial charge in [-0.3, -0.25) is 4.79 Å². The summed E-state index contributed by atoms with van der Waals surface area (Å²) in [7, 11) is 0. The Morgan fingerprint density at radius 2 is 2.07 bits per heavy atom. The van der Waals surface area contributed by atoms with E-state index >= 15 is 0 Å². The standard InChI is InChI=1S/C12H15NO2/c1-10(14)13-9-3-2-4-11-5-7-12(15)8-6-11/h2,4-8,15H,3,9H2,1H3,(H,13,14). The molecule has 0 aliphatic heterocycles. The lowest BCUT2D eigenvalue weighted by atomic mass is 10.2. The van der Waals surface area contributed by atoms with Crippen molar-refractivity contribution in [3.63, 3.8) is 0 Å². The Bertz CT molecular complexity index is 341. The Kier molecular flexibility index (Phi) is 4.41. The highest BCUT2D eigenvalue weighted by Gasteiger charge is 1.89. The van der Waals surface area contributed by atoms with E-state index in [1.165, 1.54) is 6.92 Å². The third-order valence-electron chi connectivity index (χ3n) is 1.89. The number of hydrogen-bond acceptors (Lipinski definition) is 2. The van der Waals surface area contributed by atoms with Gasteiger partial charge in [0.25, 0.3) is 0 Å². The fourth-order valence-electron chi connectivity index (χ4n) is 1.14. The molecule has 0 aliphatic rings. The lowest BCUT2D eigenvalue weighted by Crippen LogP contribution is -2.20. The molecule has 2 N–H and O–H groups in total. The maximum absolute atomic E-state index is 10.6. The zero-order valence-corrected chi connectivity index (χ0v) is 8.73. The quantitative estimate of drug-likeness (QED) is 0.738. The molecule has 1 aromatic carbocycles. The van der Waals surface area contributed by atoms with E-state index in [0.717, 1.165) is 12.0 Å². The highest BCUT2D eigenvalue weighted by molar-refractivity contribution is 5.72. The van der Waals surface area contributed by atoms with E-state index in [9.17, 15) is 4.79 Å². The first-order chi connectivity index (χ1) is 7.18. The summed E-state index contributed by atoms with van der Waals surface area (Å²) in [5, 5.41) is 11.8. The predicted molar refractivity (Wildman–Crippen MR) is 60.4 cm³/mol. The van der Waals surface area contributed by atoms with Crippen LogP contribution in [0.4, 0.5) is 0 Å². The SMILES string of the molecule is CC(=O)NCCC=Cc1ccc(O)cc1. The highest BCUT2D eigenvalue weighted by atomic mass is 16.3. The molecule has 1 amide bonds. The molecule has 0 bridgehead atoms. The number of hydrogen-bond donors (Lipinski definition) is 2. The molecule has 0 saturated heterocycles. The second-order valence-corrected chi connectivity index (χ2v) is 3.27. The lowest BCUT2D eigenvalue weighted by molar-refractivity contribution is -0.118. The minimum absolute atomic E-state index is 0.00645. The summed E-state index contributed by atoms with van der Waals surface area (Å²) in [5.74, 6) is 0.262. The van der Waals surface area contributed by atoms with Gasteiger partial charge in [-0.25, -0.2) is 0 Å². The maximum Gasteiger partial charge on any atom is 0.216 e. The molecule has 3 nitrogen and oxygen atoms in total. The first-order valence-electron chi connectivity index (χ1n) is 4.88. The number of benzene rings is 1.